The van der Waals surface area contributed by atoms with E-state index in [0.29, 0.717) is 11.7 Å². The minimum Gasteiger partial charge on any atom is -0.384 e. The Bertz CT molecular complexity index is 360. The Morgan fingerprint density at radius 2 is 2.12 bits per heavy atom. The second-order valence-corrected chi connectivity index (χ2v) is 4.80. The lowest BCUT2D eigenvalue weighted by molar-refractivity contribution is 0.684. The predicted octanol–water partition coefficient (Wildman–Crippen LogP) is 2.93. The van der Waals surface area contributed by atoms with E-state index in [1.54, 1.807) is 0 Å². The first kappa shape index (κ1) is 12.1. The van der Waals surface area contributed by atoms with Crippen LogP contribution in [-0.4, -0.2) is 16.5 Å². The van der Waals surface area contributed by atoms with Crippen molar-refractivity contribution in [1.82, 2.24) is 9.97 Å². The number of hydrogen-bond donors (Lipinski definition) is 2. The van der Waals surface area contributed by atoms with Crippen LogP contribution < -0.4 is 11.1 Å². The fourth-order valence-corrected chi connectivity index (χ4v) is 1.87. The van der Waals surface area contributed by atoms with Gasteiger partial charge in [0.05, 0.1) is 0 Å². The van der Waals surface area contributed by atoms with E-state index in [1.165, 1.54) is 38.5 Å². The lowest BCUT2D eigenvalue weighted by Crippen LogP contribution is -2.07. The number of nitrogen functional groups attached to an aromatic ring is 1. The highest BCUT2D eigenvalue weighted by atomic mass is 15.1. The van der Waals surface area contributed by atoms with E-state index in [1.807, 2.05) is 6.07 Å². The van der Waals surface area contributed by atoms with Crippen molar-refractivity contribution in [2.75, 3.05) is 17.6 Å². The van der Waals surface area contributed by atoms with Gasteiger partial charge in [-0.15, -0.1) is 0 Å². The van der Waals surface area contributed by atoms with E-state index >= 15 is 0 Å². The van der Waals surface area contributed by atoms with Gasteiger partial charge >= 0.3 is 0 Å². The zero-order valence-electron chi connectivity index (χ0n) is 10.6. The number of nitrogens with zero attached hydrogens (tertiary/aromatic N) is 2. The van der Waals surface area contributed by atoms with Crippen molar-refractivity contribution >= 4 is 11.6 Å². The molecule has 1 heterocycles. The van der Waals surface area contributed by atoms with E-state index in [9.17, 15) is 0 Å². The molecular weight excluding hydrogens is 212 g/mol. The van der Waals surface area contributed by atoms with Gasteiger partial charge in [0.25, 0.3) is 0 Å². The third-order valence-corrected chi connectivity index (χ3v) is 3.04. The molecule has 0 spiro atoms. The first-order valence-corrected chi connectivity index (χ1v) is 6.68. The lowest BCUT2D eigenvalue weighted by Gasteiger charge is -2.07. The molecule has 0 aliphatic heterocycles. The average molecular weight is 234 g/mol. The number of rotatable bonds is 7. The number of aromatic nitrogens is 2. The highest BCUT2D eigenvalue weighted by molar-refractivity contribution is 5.45. The number of unbranched alkanes of at least 4 members (excludes halogenated alkanes) is 3. The molecule has 3 N–H and O–H groups in total. The Labute approximate surface area is 103 Å². The summed E-state index contributed by atoms with van der Waals surface area (Å²) in [6.45, 7) is 3.20. The maximum atomic E-state index is 5.79. The molecule has 1 aliphatic rings. The fourth-order valence-electron chi connectivity index (χ4n) is 1.87. The van der Waals surface area contributed by atoms with Crippen molar-refractivity contribution in [2.24, 2.45) is 0 Å². The van der Waals surface area contributed by atoms with Crippen LogP contribution in [0, 0.1) is 0 Å². The number of hydrogen-bond acceptors (Lipinski definition) is 4. The topological polar surface area (TPSA) is 63.8 Å². The summed E-state index contributed by atoms with van der Waals surface area (Å²) < 4.78 is 0. The molecule has 0 atom stereocenters. The molecule has 4 heteroatoms. The van der Waals surface area contributed by atoms with Crippen LogP contribution in [0.3, 0.4) is 0 Å². The van der Waals surface area contributed by atoms with Crippen LogP contribution in [0.1, 0.15) is 57.2 Å². The fraction of sp³-hybridized carbons (Fsp3) is 0.692. The van der Waals surface area contributed by atoms with Gasteiger partial charge in [-0.1, -0.05) is 26.2 Å². The first-order chi connectivity index (χ1) is 8.29. The molecule has 1 aliphatic carbocycles. The molecular formula is C13H22N4. The third kappa shape index (κ3) is 3.88. The van der Waals surface area contributed by atoms with E-state index in [2.05, 4.69) is 22.2 Å². The summed E-state index contributed by atoms with van der Waals surface area (Å²) in [6, 6.07) is 1.83. The molecule has 1 fully saturated rings. The summed E-state index contributed by atoms with van der Waals surface area (Å²) in [5.41, 5.74) is 5.79. The molecule has 2 rings (SSSR count). The monoisotopic (exact) mass is 234 g/mol. The second-order valence-electron chi connectivity index (χ2n) is 4.80. The van der Waals surface area contributed by atoms with Gasteiger partial charge in [-0.25, -0.2) is 9.97 Å². The van der Waals surface area contributed by atoms with Crippen LogP contribution in [0.5, 0.6) is 0 Å². The third-order valence-electron chi connectivity index (χ3n) is 3.04. The van der Waals surface area contributed by atoms with Gasteiger partial charge < -0.3 is 11.1 Å². The van der Waals surface area contributed by atoms with Crippen LogP contribution >= 0.6 is 0 Å². The summed E-state index contributed by atoms with van der Waals surface area (Å²) in [5.74, 6) is 2.94. The van der Waals surface area contributed by atoms with Crippen molar-refractivity contribution in [3.63, 3.8) is 0 Å². The summed E-state index contributed by atoms with van der Waals surface area (Å²) in [4.78, 5) is 8.79. The normalized spacial score (nSPS) is 14.9. The van der Waals surface area contributed by atoms with Crippen molar-refractivity contribution < 1.29 is 0 Å². The number of nitrogens with one attached hydrogen (secondary N) is 1. The van der Waals surface area contributed by atoms with Gasteiger partial charge in [0, 0.05) is 18.5 Å². The van der Waals surface area contributed by atoms with Gasteiger partial charge in [0.2, 0.25) is 0 Å². The molecule has 1 aromatic heterocycles. The van der Waals surface area contributed by atoms with E-state index in [0.717, 1.165) is 18.2 Å². The summed E-state index contributed by atoms with van der Waals surface area (Å²) in [7, 11) is 0. The zero-order valence-corrected chi connectivity index (χ0v) is 10.6. The quantitative estimate of drug-likeness (QED) is 0.712. The molecule has 1 aromatic rings. The smallest absolute Gasteiger partial charge is 0.136 e. The average Bonchev–Trinajstić information content (AvgIpc) is 3.12. The summed E-state index contributed by atoms with van der Waals surface area (Å²) >= 11 is 0. The molecule has 94 valence electrons. The maximum absolute atomic E-state index is 5.79. The lowest BCUT2D eigenvalue weighted by atomic mass is 10.2. The molecule has 1 saturated carbocycles. The van der Waals surface area contributed by atoms with Crippen molar-refractivity contribution in [3.8, 4) is 0 Å². The summed E-state index contributed by atoms with van der Waals surface area (Å²) in [5, 5.41) is 3.34. The molecule has 17 heavy (non-hydrogen) atoms. The highest BCUT2D eigenvalue weighted by Crippen LogP contribution is 2.38. The SMILES string of the molecule is CCCCCCNc1cc(N)nc(C2CC2)n1. The standard InChI is InChI=1S/C13H22N4/c1-2-3-4-5-8-15-12-9-11(14)16-13(17-12)10-6-7-10/h9-10H,2-8H2,1H3,(H3,14,15,16,17). The second kappa shape index (κ2) is 5.84. The van der Waals surface area contributed by atoms with Crippen LogP contribution in [0.4, 0.5) is 11.6 Å². The Hall–Kier alpha value is -1.32. The molecule has 0 aromatic carbocycles. The van der Waals surface area contributed by atoms with Gasteiger partial charge in [0.1, 0.15) is 17.5 Å². The highest BCUT2D eigenvalue weighted by Gasteiger charge is 2.27. The number of nitrogens with two attached hydrogens (primary N) is 1. The molecule has 4 nitrogen and oxygen atoms in total. The number of anilines is 2. The minimum atomic E-state index is 0.555. The minimum absolute atomic E-state index is 0.555. The van der Waals surface area contributed by atoms with E-state index < -0.39 is 0 Å². The molecule has 0 amide bonds. The van der Waals surface area contributed by atoms with Gasteiger partial charge in [-0.05, 0) is 19.3 Å². The Balaban J connectivity index is 1.82. The van der Waals surface area contributed by atoms with Crippen molar-refractivity contribution in [2.45, 2.75) is 51.4 Å². The Morgan fingerprint density at radius 1 is 1.29 bits per heavy atom. The van der Waals surface area contributed by atoms with Crippen molar-refractivity contribution in [3.05, 3.63) is 11.9 Å². The van der Waals surface area contributed by atoms with E-state index in [-0.39, 0.29) is 0 Å². The summed E-state index contributed by atoms with van der Waals surface area (Å²) in [6.07, 6.45) is 7.46. The molecule has 0 unspecified atom stereocenters. The Kier molecular flexibility index (Phi) is 4.18. The Morgan fingerprint density at radius 3 is 2.82 bits per heavy atom. The van der Waals surface area contributed by atoms with Crippen LogP contribution in [0.2, 0.25) is 0 Å². The first-order valence-electron chi connectivity index (χ1n) is 6.68. The van der Waals surface area contributed by atoms with Crippen LogP contribution in [-0.2, 0) is 0 Å². The molecule has 0 saturated heterocycles. The van der Waals surface area contributed by atoms with Gasteiger partial charge in [0.15, 0.2) is 0 Å². The van der Waals surface area contributed by atoms with Gasteiger partial charge in [-0.3, -0.25) is 0 Å². The van der Waals surface area contributed by atoms with Crippen LogP contribution in [0.15, 0.2) is 6.07 Å². The molecule has 0 bridgehead atoms. The maximum Gasteiger partial charge on any atom is 0.136 e. The zero-order chi connectivity index (χ0) is 12.1. The molecule has 0 radical (unpaired) electrons. The largest absolute Gasteiger partial charge is 0.384 e. The predicted molar refractivity (Wildman–Crippen MR) is 71.1 cm³/mol. The van der Waals surface area contributed by atoms with Crippen molar-refractivity contribution in [1.29, 1.82) is 0 Å². The van der Waals surface area contributed by atoms with Crippen LogP contribution in [0.25, 0.3) is 0 Å². The van der Waals surface area contributed by atoms with E-state index in [4.69, 9.17) is 5.73 Å². The van der Waals surface area contributed by atoms with Gasteiger partial charge in [-0.2, -0.15) is 0 Å².